The summed E-state index contributed by atoms with van der Waals surface area (Å²) in [6.45, 7) is 2.23. The number of nitrogens with zero attached hydrogens (tertiary/aromatic N) is 1. The van der Waals surface area contributed by atoms with E-state index in [1.54, 1.807) is 0 Å². The number of para-hydroxylation sites is 2. The van der Waals surface area contributed by atoms with E-state index in [-0.39, 0.29) is 11.9 Å². The molecule has 24 heavy (non-hydrogen) atoms. The lowest BCUT2D eigenvalue weighted by Gasteiger charge is -2.30. The van der Waals surface area contributed by atoms with Crippen molar-refractivity contribution in [2.45, 2.75) is 50.6 Å². The van der Waals surface area contributed by atoms with Crippen molar-refractivity contribution in [1.29, 1.82) is 0 Å². The lowest BCUT2D eigenvalue weighted by Crippen LogP contribution is -2.36. The second-order valence-electron chi connectivity index (χ2n) is 7.37. The molecule has 1 aromatic carbocycles. The monoisotopic (exact) mass is 330 g/mol. The third-order valence-corrected chi connectivity index (χ3v) is 5.44. The molecular formula is C19H30N4O. The van der Waals surface area contributed by atoms with Crippen molar-refractivity contribution in [3.63, 3.8) is 0 Å². The molecule has 132 valence electrons. The normalized spacial score (nSPS) is 25.6. The molecule has 1 heterocycles. The average molecular weight is 330 g/mol. The highest BCUT2D eigenvalue weighted by molar-refractivity contribution is 5.94. The van der Waals surface area contributed by atoms with Gasteiger partial charge in [0, 0.05) is 18.5 Å². The maximum atomic E-state index is 12.4. The molecule has 1 aromatic rings. The van der Waals surface area contributed by atoms with Gasteiger partial charge in [-0.1, -0.05) is 18.6 Å². The Kier molecular flexibility index (Phi) is 5.74. The third-order valence-electron chi connectivity index (χ3n) is 5.44. The zero-order chi connectivity index (χ0) is 16.9. The molecule has 0 bridgehead atoms. The van der Waals surface area contributed by atoms with Crippen molar-refractivity contribution < 1.29 is 4.79 Å². The largest absolute Gasteiger partial charge is 0.381 e. The fourth-order valence-electron chi connectivity index (χ4n) is 3.85. The Morgan fingerprint density at radius 2 is 1.88 bits per heavy atom. The number of anilines is 2. The van der Waals surface area contributed by atoms with Crippen LogP contribution in [-0.4, -0.2) is 43.0 Å². The fourth-order valence-corrected chi connectivity index (χ4v) is 3.85. The van der Waals surface area contributed by atoms with Crippen molar-refractivity contribution in [2.24, 2.45) is 11.7 Å². The number of carbonyl (C=O) groups excluding carboxylic acids is 1. The van der Waals surface area contributed by atoms with Crippen LogP contribution in [0.25, 0.3) is 0 Å². The molecule has 1 amide bonds. The lowest BCUT2D eigenvalue weighted by molar-refractivity contribution is -0.117. The zero-order valence-electron chi connectivity index (χ0n) is 14.6. The van der Waals surface area contributed by atoms with Gasteiger partial charge in [0.15, 0.2) is 0 Å². The second-order valence-corrected chi connectivity index (χ2v) is 7.37. The van der Waals surface area contributed by atoms with E-state index in [2.05, 4.69) is 28.6 Å². The van der Waals surface area contributed by atoms with Gasteiger partial charge in [-0.05, 0) is 63.9 Å². The first-order chi connectivity index (χ1) is 11.6. The van der Waals surface area contributed by atoms with Gasteiger partial charge >= 0.3 is 0 Å². The van der Waals surface area contributed by atoms with Gasteiger partial charge in [-0.15, -0.1) is 0 Å². The van der Waals surface area contributed by atoms with Crippen molar-refractivity contribution >= 4 is 17.3 Å². The molecule has 1 aliphatic carbocycles. The van der Waals surface area contributed by atoms with Gasteiger partial charge in [-0.25, -0.2) is 0 Å². The molecule has 1 saturated heterocycles. The highest BCUT2D eigenvalue weighted by atomic mass is 16.1. The Balaban J connectivity index is 1.58. The van der Waals surface area contributed by atoms with Crippen LogP contribution in [0.1, 0.15) is 38.5 Å². The van der Waals surface area contributed by atoms with Gasteiger partial charge in [0.2, 0.25) is 5.91 Å². The second kappa shape index (κ2) is 7.99. The molecule has 1 saturated carbocycles. The van der Waals surface area contributed by atoms with Gasteiger partial charge in [0.1, 0.15) is 0 Å². The standard InChI is InChI=1S/C19H30N4O/c1-23-11-9-15(10-12-23)21-17-7-2-3-8-18(17)22-19(24)13-14-5-4-6-16(14)20/h2-3,7-8,14-16,21H,4-6,9-13,20H2,1H3,(H,22,24)/t14-,16+/m0/s1. The van der Waals surface area contributed by atoms with Gasteiger partial charge in [-0.2, -0.15) is 0 Å². The molecular weight excluding hydrogens is 300 g/mol. The molecule has 0 radical (unpaired) electrons. The van der Waals surface area contributed by atoms with Gasteiger partial charge < -0.3 is 21.3 Å². The number of benzene rings is 1. The highest BCUT2D eigenvalue weighted by Crippen LogP contribution is 2.28. The quantitative estimate of drug-likeness (QED) is 0.776. The molecule has 2 atom stereocenters. The molecule has 4 N–H and O–H groups in total. The van der Waals surface area contributed by atoms with E-state index in [1.807, 2.05) is 18.2 Å². The average Bonchev–Trinajstić information content (AvgIpc) is 2.96. The van der Waals surface area contributed by atoms with E-state index >= 15 is 0 Å². The minimum absolute atomic E-state index is 0.0787. The smallest absolute Gasteiger partial charge is 0.224 e. The van der Waals surface area contributed by atoms with Crippen LogP contribution in [0.3, 0.4) is 0 Å². The van der Waals surface area contributed by atoms with E-state index in [0.717, 1.165) is 56.6 Å². The number of nitrogens with two attached hydrogens (primary N) is 1. The summed E-state index contributed by atoms with van der Waals surface area (Å²) >= 11 is 0. The Bertz CT molecular complexity index is 554. The Morgan fingerprint density at radius 1 is 1.17 bits per heavy atom. The van der Waals surface area contributed by atoms with Gasteiger partial charge in [-0.3, -0.25) is 4.79 Å². The zero-order valence-corrected chi connectivity index (χ0v) is 14.6. The highest BCUT2D eigenvalue weighted by Gasteiger charge is 2.26. The van der Waals surface area contributed by atoms with Crippen LogP contribution in [-0.2, 0) is 4.79 Å². The first-order valence-corrected chi connectivity index (χ1v) is 9.21. The molecule has 1 aliphatic heterocycles. The SMILES string of the molecule is CN1CCC(Nc2ccccc2NC(=O)C[C@@H]2CCC[C@H]2N)CC1. The van der Waals surface area contributed by atoms with Crippen LogP contribution in [0.4, 0.5) is 11.4 Å². The lowest BCUT2D eigenvalue weighted by atomic mass is 10.00. The van der Waals surface area contributed by atoms with Crippen molar-refractivity contribution in [1.82, 2.24) is 4.90 Å². The maximum Gasteiger partial charge on any atom is 0.224 e. The number of nitrogens with one attached hydrogen (secondary N) is 2. The number of rotatable bonds is 5. The van der Waals surface area contributed by atoms with E-state index in [1.165, 1.54) is 0 Å². The first-order valence-electron chi connectivity index (χ1n) is 9.21. The number of carbonyl (C=O) groups is 1. The molecule has 3 rings (SSSR count). The molecule has 2 fully saturated rings. The topological polar surface area (TPSA) is 70.4 Å². The molecule has 0 aromatic heterocycles. The molecule has 0 spiro atoms. The van der Waals surface area contributed by atoms with Crippen LogP contribution in [0, 0.1) is 5.92 Å². The number of amides is 1. The van der Waals surface area contributed by atoms with Crippen molar-refractivity contribution in [3.05, 3.63) is 24.3 Å². The van der Waals surface area contributed by atoms with Gasteiger partial charge in [0.05, 0.1) is 11.4 Å². The molecule has 0 unspecified atom stereocenters. The van der Waals surface area contributed by atoms with E-state index in [0.29, 0.717) is 18.4 Å². The Morgan fingerprint density at radius 3 is 2.54 bits per heavy atom. The minimum atomic E-state index is 0.0787. The van der Waals surface area contributed by atoms with Crippen molar-refractivity contribution in [3.8, 4) is 0 Å². The predicted molar refractivity (Wildman–Crippen MR) is 99.1 cm³/mol. The van der Waals surface area contributed by atoms with Crippen LogP contribution in [0.5, 0.6) is 0 Å². The van der Waals surface area contributed by atoms with Crippen LogP contribution >= 0.6 is 0 Å². The predicted octanol–water partition coefficient (Wildman–Crippen LogP) is 2.65. The summed E-state index contributed by atoms with van der Waals surface area (Å²) in [4.78, 5) is 14.8. The fraction of sp³-hybridized carbons (Fsp3) is 0.632. The van der Waals surface area contributed by atoms with E-state index in [9.17, 15) is 4.79 Å². The summed E-state index contributed by atoms with van der Waals surface area (Å²) in [7, 11) is 2.16. The summed E-state index contributed by atoms with van der Waals surface area (Å²) in [5.41, 5.74) is 8.00. The summed E-state index contributed by atoms with van der Waals surface area (Å²) in [5.74, 6) is 0.411. The van der Waals surface area contributed by atoms with Crippen LogP contribution < -0.4 is 16.4 Å². The minimum Gasteiger partial charge on any atom is -0.381 e. The Hall–Kier alpha value is -1.59. The summed E-state index contributed by atoms with van der Waals surface area (Å²) < 4.78 is 0. The number of piperidine rings is 1. The van der Waals surface area contributed by atoms with Crippen LogP contribution in [0.2, 0.25) is 0 Å². The first kappa shape index (κ1) is 17.2. The van der Waals surface area contributed by atoms with Gasteiger partial charge in [0.25, 0.3) is 0 Å². The molecule has 5 nitrogen and oxygen atoms in total. The maximum absolute atomic E-state index is 12.4. The van der Waals surface area contributed by atoms with E-state index in [4.69, 9.17) is 5.73 Å². The summed E-state index contributed by atoms with van der Waals surface area (Å²) in [6, 6.07) is 8.67. The summed E-state index contributed by atoms with van der Waals surface area (Å²) in [6.07, 6.45) is 6.07. The van der Waals surface area contributed by atoms with E-state index < -0.39 is 0 Å². The molecule has 5 heteroatoms. The van der Waals surface area contributed by atoms with Crippen molar-refractivity contribution in [2.75, 3.05) is 30.8 Å². The third kappa shape index (κ3) is 4.48. The summed E-state index contributed by atoms with van der Waals surface area (Å²) in [5, 5.41) is 6.70. The molecule has 2 aliphatic rings. The number of hydrogen-bond acceptors (Lipinski definition) is 4. The number of hydrogen-bond donors (Lipinski definition) is 3. The van der Waals surface area contributed by atoms with Crippen LogP contribution in [0.15, 0.2) is 24.3 Å². The number of likely N-dealkylation sites (tertiary alicyclic amines) is 1. The Labute approximate surface area is 145 Å².